The summed E-state index contributed by atoms with van der Waals surface area (Å²) < 4.78 is 11.6. The van der Waals surface area contributed by atoms with E-state index in [1.807, 2.05) is 0 Å². The van der Waals surface area contributed by atoms with Gasteiger partial charge in [0, 0.05) is 7.11 Å². The van der Waals surface area contributed by atoms with E-state index in [2.05, 4.69) is 4.98 Å². The number of aliphatic hydroxyl groups excluding tert-OH is 2. The molecule has 1 aliphatic heterocycles. The number of carbonyl (C=O) groups is 1. The van der Waals surface area contributed by atoms with Gasteiger partial charge < -0.3 is 31.2 Å². The third-order valence-electron chi connectivity index (χ3n) is 3.01. The van der Waals surface area contributed by atoms with E-state index in [0.717, 1.165) is 0 Å². The van der Waals surface area contributed by atoms with Crippen molar-refractivity contribution in [3.63, 3.8) is 0 Å². The number of hydrogen-bond acceptors (Lipinski definition) is 7. The molecule has 6 N–H and O–H groups in total. The Bertz CT molecular complexity index is 476. The fraction of sp³-hybridized carbons (Fsp3) is 0.600. The Kier molecular flexibility index (Phi) is 3.71. The number of aliphatic hydroxyl groups is 2. The summed E-state index contributed by atoms with van der Waals surface area (Å²) in [6, 6.07) is 0. The van der Waals surface area contributed by atoms with Gasteiger partial charge in [-0.2, -0.15) is 0 Å². The first-order valence-electron chi connectivity index (χ1n) is 5.60. The van der Waals surface area contributed by atoms with Crippen molar-refractivity contribution >= 4 is 11.7 Å². The molecule has 1 aromatic rings. The van der Waals surface area contributed by atoms with E-state index < -0.39 is 30.4 Å². The Hall–Kier alpha value is -1.68. The number of ether oxygens (including phenoxy) is 2. The first-order valence-corrected chi connectivity index (χ1v) is 5.60. The third kappa shape index (κ3) is 2.28. The van der Waals surface area contributed by atoms with E-state index in [1.165, 1.54) is 18.0 Å². The van der Waals surface area contributed by atoms with E-state index in [1.54, 1.807) is 0 Å². The number of carbonyl (C=O) groups excluding carboxylic acids is 1. The van der Waals surface area contributed by atoms with Crippen molar-refractivity contribution in [2.24, 2.45) is 5.73 Å². The van der Waals surface area contributed by atoms with Crippen LogP contribution >= 0.6 is 0 Å². The highest BCUT2D eigenvalue weighted by molar-refractivity contribution is 5.95. The van der Waals surface area contributed by atoms with Gasteiger partial charge in [0.2, 0.25) is 0 Å². The fourth-order valence-corrected chi connectivity index (χ4v) is 2.02. The molecular weight excluding hydrogens is 256 g/mol. The van der Waals surface area contributed by atoms with Crippen LogP contribution in [-0.4, -0.2) is 57.7 Å². The van der Waals surface area contributed by atoms with Crippen molar-refractivity contribution < 1.29 is 24.5 Å². The van der Waals surface area contributed by atoms with E-state index in [-0.39, 0.29) is 18.1 Å². The minimum Gasteiger partial charge on any atom is -0.387 e. The van der Waals surface area contributed by atoms with Crippen LogP contribution in [0.4, 0.5) is 5.82 Å². The summed E-state index contributed by atoms with van der Waals surface area (Å²) in [7, 11) is 1.45. The number of imidazole rings is 1. The molecule has 2 heterocycles. The number of rotatable bonds is 4. The van der Waals surface area contributed by atoms with Crippen molar-refractivity contribution in [2.45, 2.75) is 24.5 Å². The summed E-state index contributed by atoms with van der Waals surface area (Å²) in [6.45, 7) is 0.117. The molecule has 0 radical (unpaired) electrons. The van der Waals surface area contributed by atoms with Crippen molar-refractivity contribution in [1.29, 1.82) is 0 Å². The molecule has 1 aliphatic rings. The summed E-state index contributed by atoms with van der Waals surface area (Å²) in [5.74, 6) is -0.806. The van der Waals surface area contributed by atoms with E-state index in [9.17, 15) is 15.0 Å². The van der Waals surface area contributed by atoms with Gasteiger partial charge in [-0.1, -0.05) is 0 Å². The lowest BCUT2D eigenvalue weighted by Crippen LogP contribution is -2.33. The van der Waals surface area contributed by atoms with Crippen LogP contribution in [0.15, 0.2) is 6.33 Å². The Balaban J connectivity index is 2.25. The molecule has 0 saturated carbocycles. The van der Waals surface area contributed by atoms with Crippen LogP contribution < -0.4 is 11.5 Å². The zero-order valence-electron chi connectivity index (χ0n) is 10.3. The summed E-state index contributed by atoms with van der Waals surface area (Å²) in [4.78, 5) is 14.8. The number of hydrogen-bond donors (Lipinski definition) is 4. The number of methoxy groups -OCH3 is 1. The highest BCUT2D eigenvalue weighted by Crippen LogP contribution is 2.31. The van der Waals surface area contributed by atoms with Crippen LogP contribution in [0.25, 0.3) is 0 Å². The molecule has 0 spiro atoms. The van der Waals surface area contributed by atoms with Gasteiger partial charge in [-0.3, -0.25) is 9.36 Å². The maximum absolute atomic E-state index is 11.1. The molecule has 1 fully saturated rings. The van der Waals surface area contributed by atoms with Gasteiger partial charge in [0.15, 0.2) is 11.9 Å². The van der Waals surface area contributed by atoms with Crippen molar-refractivity contribution in [2.75, 3.05) is 19.5 Å². The number of amides is 1. The summed E-state index contributed by atoms with van der Waals surface area (Å²) in [5, 5.41) is 19.7. The van der Waals surface area contributed by atoms with Crippen LogP contribution in [0, 0.1) is 0 Å². The Morgan fingerprint density at radius 2 is 2.26 bits per heavy atom. The average molecular weight is 272 g/mol. The second kappa shape index (κ2) is 5.13. The molecule has 2 rings (SSSR count). The van der Waals surface area contributed by atoms with Gasteiger partial charge in [0.1, 0.15) is 24.1 Å². The first kappa shape index (κ1) is 13.7. The summed E-state index contributed by atoms with van der Waals surface area (Å²) >= 11 is 0. The standard InChI is InChI=1S/C10H16N4O5/c1-18-2-4-6(15)7(16)10(19-4)14-3-13-5(8(14)11)9(12)17/h3-4,6-7,10,15-16H,2,11H2,1H3,(H2,12,17)/t4-,6+,7?,10-/m1/s1. The number of nitrogens with zero attached hydrogens (tertiary/aromatic N) is 2. The quantitative estimate of drug-likeness (QED) is 0.487. The van der Waals surface area contributed by atoms with E-state index in [4.69, 9.17) is 20.9 Å². The second-order valence-corrected chi connectivity index (χ2v) is 4.25. The smallest absolute Gasteiger partial charge is 0.271 e. The molecule has 1 amide bonds. The van der Waals surface area contributed by atoms with Gasteiger partial charge in [0.25, 0.3) is 5.91 Å². The molecule has 9 heteroatoms. The monoisotopic (exact) mass is 272 g/mol. The van der Waals surface area contributed by atoms with Crippen LogP contribution in [-0.2, 0) is 9.47 Å². The summed E-state index contributed by atoms with van der Waals surface area (Å²) in [6.07, 6.45) is -2.74. The lowest BCUT2D eigenvalue weighted by Gasteiger charge is -2.17. The van der Waals surface area contributed by atoms with Crippen molar-refractivity contribution in [3.05, 3.63) is 12.0 Å². The molecule has 0 aromatic carbocycles. The van der Waals surface area contributed by atoms with Gasteiger partial charge in [0.05, 0.1) is 12.9 Å². The second-order valence-electron chi connectivity index (χ2n) is 4.25. The first-order chi connectivity index (χ1) is 8.97. The zero-order valence-corrected chi connectivity index (χ0v) is 10.3. The lowest BCUT2D eigenvalue weighted by molar-refractivity contribution is -0.0586. The number of nitrogens with two attached hydrogens (primary N) is 2. The number of aromatic nitrogens is 2. The predicted octanol–water partition coefficient (Wildman–Crippen LogP) is -2.17. The van der Waals surface area contributed by atoms with Crippen LogP contribution in [0.5, 0.6) is 0 Å². The molecule has 0 bridgehead atoms. The minimum absolute atomic E-state index is 0.0261. The highest BCUT2D eigenvalue weighted by Gasteiger charge is 2.44. The topological polar surface area (TPSA) is 146 Å². The molecule has 4 atom stereocenters. The molecular formula is C10H16N4O5. The third-order valence-corrected chi connectivity index (χ3v) is 3.01. The lowest BCUT2D eigenvalue weighted by atomic mass is 10.1. The maximum atomic E-state index is 11.1. The van der Waals surface area contributed by atoms with E-state index in [0.29, 0.717) is 0 Å². The average Bonchev–Trinajstić information content (AvgIpc) is 2.85. The zero-order chi connectivity index (χ0) is 14.2. The van der Waals surface area contributed by atoms with Gasteiger partial charge in [-0.05, 0) is 0 Å². The number of anilines is 1. The Morgan fingerprint density at radius 1 is 1.58 bits per heavy atom. The molecule has 9 nitrogen and oxygen atoms in total. The molecule has 1 aromatic heterocycles. The molecule has 1 saturated heterocycles. The molecule has 0 aliphatic carbocycles. The van der Waals surface area contributed by atoms with Gasteiger partial charge in [-0.25, -0.2) is 4.98 Å². The van der Waals surface area contributed by atoms with Crippen molar-refractivity contribution in [3.8, 4) is 0 Å². The van der Waals surface area contributed by atoms with Crippen LogP contribution in [0.3, 0.4) is 0 Å². The Labute approximate surface area is 108 Å². The minimum atomic E-state index is -1.21. The fourth-order valence-electron chi connectivity index (χ4n) is 2.02. The van der Waals surface area contributed by atoms with Gasteiger partial charge >= 0.3 is 0 Å². The van der Waals surface area contributed by atoms with Crippen molar-refractivity contribution in [1.82, 2.24) is 9.55 Å². The summed E-state index contributed by atoms with van der Waals surface area (Å²) in [5.41, 5.74) is 10.7. The normalized spacial score (nSPS) is 30.7. The largest absolute Gasteiger partial charge is 0.387 e. The predicted molar refractivity (Wildman–Crippen MR) is 63.0 cm³/mol. The van der Waals surface area contributed by atoms with Crippen LogP contribution in [0.1, 0.15) is 16.7 Å². The molecule has 106 valence electrons. The van der Waals surface area contributed by atoms with Gasteiger partial charge in [-0.15, -0.1) is 0 Å². The maximum Gasteiger partial charge on any atom is 0.271 e. The number of primary amides is 1. The Morgan fingerprint density at radius 3 is 2.79 bits per heavy atom. The van der Waals surface area contributed by atoms with Crippen LogP contribution in [0.2, 0.25) is 0 Å². The molecule has 19 heavy (non-hydrogen) atoms. The van der Waals surface area contributed by atoms with E-state index >= 15 is 0 Å². The SMILES string of the molecule is COC[C@H]1O[C@@H](n2cnc(C(N)=O)c2N)C(O)[C@H]1O. The number of nitrogen functional groups attached to an aromatic ring is 1. The molecule has 1 unspecified atom stereocenters. The highest BCUT2D eigenvalue weighted by atomic mass is 16.6.